The van der Waals surface area contributed by atoms with E-state index < -0.39 is 0 Å². The third-order valence-corrected chi connectivity index (χ3v) is 1.50. The Morgan fingerprint density at radius 2 is 2.56 bits per heavy atom. The summed E-state index contributed by atoms with van der Waals surface area (Å²) in [6, 6.07) is 0. The van der Waals surface area contributed by atoms with Crippen LogP contribution >= 0.6 is 0 Å². The fourth-order valence-corrected chi connectivity index (χ4v) is 1.05. The summed E-state index contributed by atoms with van der Waals surface area (Å²) < 4.78 is 0. The highest BCUT2D eigenvalue weighted by molar-refractivity contribution is 5.04. The fourth-order valence-electron chi connectivity index (χ4n) is 1.05. The lowest BCUT2D eigenvalue weighted by molar-refractivity contribution is 0.296. The van der Waals surface area contributed by atoms with Crippen LogP contribution in [0.2, 0.25) is 0 Å². The van der Waals surface area contributed by atoms with Gasteiger partial charge < -0.3 is 10.4 Å². The largest absolute Gasteiger partial charge is 0.395 e. The first-order valence-electron chi connectivity index (χ1n) is 3.47. The van der Waals surface area contributed by atoms with E-state index in [1.807, 2.05) is 0 Å². The van der Waals surface area contributed by atoms with Crippen molar-refractivity contribution in [2.45, 2.75) is 19.3 Å². The van der Waals surface area contributed by atoms with Gasteiger partial charge in [-0.05, 0) is 19.3 Å². The van der Waals surface area contributed by atoms with Crippen LogP contribution in [0, 0.1) is 0 Å². The van der Waals surface area contributed by atoms with Crippen LogP contribution in [0.3, 0.4) is 0 Å². The molecule has 1 aliphatic rings. The lowest BCUT2D eigenvalue weighted by atomic mass is 10.3. The molecule has 1 aliphatic carbocycles. The summed E-state index contributed by atoms with van der Waals surface area (Å²) in [6.07, 6.45) is 5.84. The van der Waals surface area contributed by atoms with Crippen molar-refractivity contribution in [2.75, 3.05) is 13.2 Å². The molecule has 0 bridgehead atoms. The molecule has 0 spiro atoms. The normalized spacial score (nSPS) is 17.7. The van der Waals surface area contributed by atoms with Gasteiger partial charge in [-0.2, -0.15) is 0 Å². The van der Waals surface area contributed by atoms with Crippen molar-refractivity contribution in [1.29, 1.82) is 0 Å². The van der Waals surface area contributed by atoms with Crippen molar-refractivity contribution in [2.24, 2.45) is 0 Å². The summed E-state index contributed by atoms with van der Waals surface area (Å²) in [5, 5.41) is 11.6. The lowest BCUT2D eigenvalue weighted by Crippen LogP contribution is -2.15. The molecule has 0 atom stereocenters. The van der Waals surface area contributed by atoms with Crippen LogP contribution in [0.1, 0.15) is 19.3 Å². The van der Waals surface area contributed by atoms with E-state index in [0.29, 0.717) is 6.54 Å². The highest BCUT2D eigenvalue weighted by Gasteiger charge is 2.01. The van der Waals surface area contributed by atoms with Gasteiger partial charge >= 0.3 is 0 Å². The van der Waals surface area contributed by atoms with Crippen molar-refractivity contribution in [1.82, 2.24) is 5.32 Å². The maximum atomic E-state index is 8.44. The van der Waals surface area contributed by atoms with E-state index in [1.165, 1.54) is 25.0 Å². The quantitative estimate of drug-likeness (QED) is 0.583. The highest BCUT2D eigenvalue weighted by atomic mass is 16.3. The van der Waals surface area contributed by atoms with E-state index in [-0.39, 0.29) is 6.61 Å². The van der Waals surface area contributed by atoms with E-state index in [4.69, 9.17) is 5.11 Å². The Labute approximate surface area is 55.6 Å². The van der Waals surface area contributed by atoms with Gasteiger partial charge in [-0.3, -0.25) is 0 Å². The van der Waals surface area contributed by atoms with Crippen molar-refractivity contribution in [3.05, 3.63) is 11.8 Å². The highest BCUT2D eigenvalue weighted by Crippen LogP contribution is 2.13. The average Bonchev–Trinajstić information content (AvgIpc) is 2.34. The zero-order chi connectivity index (χ0) is 6.53. The first-order valence-corrected chi connectivity index (χ1v) is 3.47. The minimum atomic E-state index is 0.233. The number of rotatable bonds is 3. The fraction of sp³-hybridized carbons (Fsp3) is 0.714. The zero-order valence-electron chi connectivity index (χ0n) is 5.56. The topological polar surface area (TPSA) is 32.3 Å². The predicted octanol–water partition coefficient (Wildman–Crippen LogP) is 0.636. The smallest absolute Gasteiger partial charge is 0.0603 e. The minimum absolute atomic E-state index is 0.233. The summed E-state index contributed by atoms with van der Waals surface area (Å²) in [4.78, 5) is 0. The van der Waals surface area contributed by atoms with Crippen LogP contribution in [0.25, 0.3) is 0 Å². The monoisotopic (exact) mass is 127 g/mol. The molecule has 2 N–H and O–H groups in total. The average molecular weight is 127 g/mol. The van der Waals surface area contributed by atoms with E-state index in [2.05, 4.69) is 11.4 Å². The maximum Gasteiger partial charge on any atom is 0.0603 e. The van der Waals surface area contributed by atoms with Crippen LogP contribution in [0.4, 0.5) is 0 Å². The molecule has 0 amide bonds. The van der Waals surface area contributed by atoms with Gasteiger partial charge in [0.2, 0.25) is 0 Å². The molecular formula is C7H13NO. The van der Waals surface area contributed by atoms with Crippen LogP contribution in [0.15, 0.2) is 11.8 Å². The Bertz CT molecular complexity index is 109. The Morgan fingerprint density at radius 1 is 1.67 bits per heavy atom. The van der Waals surface area contributed by atoms with Gasteiger partial charge in [-0.1, -0.05) is 6.08 Å². The van der Waals surface area contributed by atoms with Crippen LogP contribution in [0.5, 0.6) is 0 Å². The molecule has 0 aromatic heterocycles. The van der Waals surface area contributed by atoms with Gasteiger partial charge in [0.25, 0.3) is 0 Å². The third-order valence-electron chi connectivity index (χ3n) is 1.50. The molecule has 0 fully saturated rings. The predicted molar refractivity (Wildman–Crippen MR) is 37.0 cm³/mol. The number of allylic oxidation sites excluding steroid dienone is 2. The molecular weight excluding hydrogens is 114 g/mol. The number of nitrogens with one attached hydrogen (secondary N) is 1. The summed E-state index contributed by atoms with van der Waals surface area (Å²) in [6.45, 7) is 0.934. The molecule has 9 heavy (non-hydrogen) atoms. The molecule has 0 saturated carbocycles. The van der Waals surface area contributed by atoms with Gasteiger partial charge in [-0.25, -0.2) is 0 Å². The van der Waals surface area contributed by atoms with Crippen molar-refractivity contribution < 1.29 is 5.11 Å². The van der Waals surface area contributed by atoms with E-state index in [1.54, 1.807) is 0 Å². The minimum Gasteiger partial charge on any atom is -0.395 e. The lowest BCUT2D eigenvalue weighted by Gasteiger charge is -2.02. The van der Waals surface area contributed by atoms with Crippen LogP contribution in [-0.2, 0) is 0 Å². The Hall–Kier alpha value is -0.500. The van der Waals surface area contributed by atoms with Gasteiger partial charge in [0, 0.05) is 12.2 Å². The molecule has 0 aliphatic heterocycles. The maximum absolute atomic E-state index is 8.44. The van der Waals surface area contributed by atoms with E-state index in [0.717, 1.165) is 0 Å². The summed E-state index contributed by atoms with van der Waals surface area (Å²) in [5.41, 5.74) is 1.31. The van der Waals surface area contributed by atoms with Crippen LogP contribution < -0.4 is 5.32 Å². The first-order chi connectivity index (χ1) is 4.43. The Balaban J connectivity index is 2.11. The molecule has 0 aromatic rings. The molecule has 1 rings (SSSR count). The van der Waals surface area contributed by atoms with Gasteiger partial charge in [0.05, 0.1) is 6.61 Å². The molecule has 0 radical (unpaired) electrons. The molecule has 0 unspecified atom stereocenters. The summed E-state index contributed by atoms with van der Waals surface area (Å²) in [5.74, 6) is 0. The van der Waals surface area contributed by atoms with Crippen molar-refractivity contribution >= 4 is 0 Å². The second-order valence-corrected chi connectivity index (χ2v) is 2.27. The molecule has 2 nitrogen and oxygen atoms in total. The number of aliphatic hydroxyl groups is 1. The first kappa shape index (κ1) is 6.62. The molecule has 52 valence electrons. The van der Waals surface area contributed by atoms with Gasteiger partial charge in [0.1, 0.15) is 0 Å². The second-order valence-electron chi connectivity index (χ2n) is 2.27. The van der Waals surface area contributed by atoms with E-state index in [9.17, 15) is 0 Å². The second kappa shape index (κ2) is 3.51. The number of aliphatic hydroxyl groups excluding tert-OH is 1. The summed E-state index contributed by atoms with van der Waals surface area (Å²) >= 11 is 0. The Morgan fingerprint density at radius 3 is 3.11 bits per heavy atom. The standard InChI is InChI=1S/C7H13NO/c9-6-5-8-7-3-1-2-4-7/h3,8-9H,1-2,4-6H2. The van der Waals surface area contributed by atoms with Crippen molar-refractivity contribution in [3.63, 3.8) is 0 Å². The Kier molecular flexibility index (Phi) is 2.58. The molecule has 0 saturated heterocycles. The van der Waals surface area contributed by atoms with Gasteiger partial charge in [-0.15, -0.1) is 0 Å². The molecule has 0 heterocycles. The van der Waals surface area contributed by atoms with Gasteiger partial charge in [0.15, 0.2) is 0 Å². The zero-order valence-corrected chi connectivity index (χ0v) is 5.56. The number of hydrogen-bond acceptors (Lipinski definition) is 2. The third kappa shape index (κ3) is 2.06. The summed E-state index contributed by atoms with van der Waals surface area (Å²) in [7, 11) is 0. The molecule has 2 heteroatoms. The number of hydrogen-bond donors (Lipinski definition) is 2. The van der Waals surface area contributed by atoms with Crippen molar-refractivity contribution in [3.8, 4) is 0 Å². The van der Waals surface area contributed by atoms with E-state index >= 15 is 0 Å². The SMILES string of the molecule is OCCNC1=CCCC1. The van der Waals surface area contributed by atoms with Crippen LogP contribution in [-0.4, -0.2) is 18.3 Å². The molecule has 0 aromatic carbocycles.